The van der Waals surface area contributed by atoms with Crippen LogP contribution in [0.4, 0.5) is 11.4 Å². The molecule has 1 heterocycles. The zero-order valence-corrected chi connectivity index (χ0v) is 15.9. The number of hydrogen-bond acceptors (Lipinski definition) is 5. The summed E-state index contributed by atoms with van der Waals surface area (Å²) in [6.07, 6.45) is 0. The smallest absolute Gasteiger partial charge is 0.338 e. The molecule has 142 valence electrons. The molecule has 6 nitrogen and oxygen atoms in total. The van der Waals surface area contributed by atoms with Crippen LogP contribution in [-0.2, 0) is 4.74 Å². The molecule has 1 aromatic heterocycles. The van der Waals surface area contributed by atoms with Gasteiger partial charge in [0.25, 0.3) is 11.8 Å². The van der Waals surface area contributed by atoms with Crippen molar-refractivity contribution in [2.75, 3.05) is 17.2 Å². The van der Waals surface area contributed by atoms with Gasteiger partial charge in [-0.05, 0) is 66.9 Å². The zero-order valence-electron chi connectivity index (χ0n) is 15.1. The number of rotatable bonds is 6. The van der Waals surface area contributed by atoms with E-state index in [1.165, 1.54) is 11.3 Å². The van der Waals surface area contributed by atoms with Gasteiger partial charge in [0.1, 0.15) is 0 Å². The number of carbonyl (C=O) groups is 3. The van der Waals surface area contributed by atoms with Crippen molar-refractivity contribution < 1.29 is 19.1 Å². The van der Waals surface area contributed by atoms with Crippen molar-refractivity contribution in [2.45, 2.75) is 6.92 Å². The number of esters is 1. The SMILES string of the molecule is CCOC(=O)c1ccc(NC(=O)c2ccc(NC(=O)c3cccs3)cc2)cc1. The van der Waals surface area contributed by atoms with Crippen LogP contribution in [0.5, 0.6) is 0 Å². The van der Waals surface area contributed by atoms with Gasteiger partial charge in [0.15, 0.2) is 0 Å². The fourth-order valence-electron chi connectivity index (χ4n) is 2.41. The lowest BCUT2D eigenvalue weighted by Gasteiger charge is -2.08. The molecule has 0 fully saturated rings. The molecule has 0 saturated heterocycles. The Bertz CT molecular complexity index is 965. The highest BCUT2D eigenvalue weighted by Gasteiger charge is 2.10. The summed E-state index contributed by atoms with van der Waals surface area (Å²) in [4.78, 5) is 36.7. The lowest BCUT2D eigenvalue weighted by molar-refractivity contribution is 0.0526. The minimum absolute atomic E-state index is 0.186. The van der Waals surface area contributed by atoms with E-state index in [9.17, 15) is 14.4 Å². The van der Waals surface area contributed by atoms with Crippen LogP contribution >= 0.6 is 11.3 Å². The maximum Gasteiger partial charge on any atom is 0.338 e. The van der Waals surface area contributed by atoms with E-state index in [2.05, 4.69) is 10.6 Å². The van der Waals surface area contributed by atoms with E-state index in [1.54, 1.807) is 61.5 Å². The number of hydrogen-bond donors (Lipinski definition) is 2. The third kappa shape index (κ3) is 4.83. The van der Waals surface area contributed by atoms with E-state index >= 15 is 0 Å². The fraction of sp³-hybridized carbons (Fsp3) is 0.0952. The van der Waals surface area contributed by atoms with Crippen molar-refractivity contribution >= 4 is 40.5 Å². The molecule has 28 heavy (non-hydrogen) atoms. The van der Waals surface area contributed by atoms with Crippen molar-refractivity contribution in [1.82, 2.24) is 0 Å². The Labute approximate surface area is 166 Å². The molecular formula is C21H18N2O4S. The number of ether oxygens (including phenoxy) is 1. The lowest BCUT2D eigenvalue weighted by atomic mass is 10.1. The van der Waals surface area contributed by atoms with Crippen LogP contribution in [-0.4, -0.2) is 24.4 Å². The first-order valence-electron chi connectivity index (χ1n) is 8.60. The summed E-state index contributed by atoms with van der Waals surface area (Å²) in [5.74, 6) is -0.880. The van der Waals surface area contributed by atoms with Gasteiger partial charge < -0.3 is 15.4 Å². The molecular weight excluding hydrogens is 376 g/mol. The van der Waals surface area contributed by atoms with Crippen LogP contribution in [0.1, 0.15) is 37.3 Å². The summed E-state index contributed by atoms with van der Waals surface area (Å²) in [7, 11) is 0. The minimum atomic E-state index is -0.402. The summed E-state index contributed by atoms with van der Waals surface area (Å²) in [5.41, 5.74) is 2.04. The first-order valence-corrected chi connectivity index (χ1v) is 9.48. The second kappa shape index (κ2) is 8.96. The highest BCUT2D eigenvalue weighted by atomic mass is 32.1. The molecule has 0 unspecified atom stereocenters. The van der Waals surface area contributed by atoms with Gasteiger partial charge in [-0.3, -0.25) is 9.59 Å². The van der Waals surface area contributed by atoms with Crippen LogP contribution in [0, 0.1) is 0 Å². The first kappa shape index (κ1) is 19.3. The largest absolute Gasteiger partial charge is 0.462 e. The molecule has 0 aliphatic rings. The van der Waals surface area contributed by atoms with E-state index in [0.717, 1.165) is 0 Å². The summed E-state index contributed by atoms with van der Waals surface area (Å²) in [6.45, 7) is 2.05. The minimum Gasteiger partial charge on any atom is -0.462 e. The van der Waals surface area contributed by atoms with Gasteiger partial charge in [0, 0.05) is 16.9 Å². The van der Waals surface area contributed by atoms with Crippen molar-refractivity contribution in [1.29, 1.82) is 0 Å². The van der Waals surface area contributed by atoms with Crippen molar-refractivity contribution in [2.24, 2.45) is 0 Å². The van der Waals surface area contributed by atoms with Crippen LogP contribution in [0.25, 0.3) is 0 Å². The molecule has 0 atom stereocenters. The van der Waals surface area contributed by atoms with Gasteiger partial charge >= 0.3 is 5.97 Å². The second-order valence-corrected chi connectivity index (χ2v) is 6.71. The highest BCUT2D eigenvalue weighted by Crippen LogP contribution is 2.16. The van der Waals surface area contributed by atoms with Gasteiger partial charge in [-0.1, -0.05) is 6.07 Å². The van der Waals surface area contributed by atoms with Crippen molar-refractivity contribution in [3.63, 3.8) is 0 Å². The number of nitrogens with one attached hydrogen (secondary N) is 2. The van der Waals surface area contributed by atoms with Crippen LogP contribution in [0.3, 0.4) is 0 Å². The number of anilines is 2. The first-order chi connectivity index (χ1) is 13.6. The molecule has 7 heteroatoms. The van der Waals surface area contributed by atoms with Gasteiger partial charge in [-0.25, -0.2) is 4.79 Å². The second-order valence-electron chi connectivity index (χ2n) is 5.76. The summed E-state index contributed by atoms with van der Waals surface area (Å²) in [5, 5.41) is 7.38. The Kier molecular flexibility index (Phi) is 6.18. The molecule has 0 aliphatic carbocycles. The Morgan fingerprint density at radius 1 is 0.821 bits per heavy atom. The summed E-state index contributed by atoms with van der Waals surface area (Å²) in [6, 6.07) is 16.6. The van der Waals surface area contributed by atoms with Gasteiger partial charge in [0.05, 0.1) is 17.0 Å². The highest BCUT2D eigenvalue weighted by molar-refractivity contribution is 7.12. The normalized spacial score (nSPS) is 10.2. The third-order valence-corrected chi connectivity index (χ3v) is 4.67. The molecule has 2 amide bonds. The molecule has 0 saturated carbocycles. The number of amides is 2. The summed E-state index contributed by atoms with van der Waals surface area (Å²) < 4.78 is 4.92. The van der Waals surface area contributed by atoms with Gasteiger partial charge in [-0.2, -0.15) is 0 Å². The molecule has 3 rings (SSSR count). The molecule has 2 aromatic carbocycles. The van der Waals surface area contributed by atoms with Crippen LogP contribution in [0.2, 0.25) is 0 Å². The molecule has 3 aromatic rings. The Balaban J connectivity index is 1.60. The van der Waals surface area contributed by atoms with Crippen molar-refractivity contribution in [3.05, 3.63) is 82.0 Å². The molecule has 0 spiro atoms. The van der Waals surface area contributed by atoms with E-state index in [4.69, 9.17) is 4.74 Å². The van der Waals surface area contributed by atoms with Crippen molar-refractivity contribution in [3.8, 4) is 0 Å². The maximum absolute atomic E-state index is 12.4. The van der Waals surface area contributed by atoms with Crippen LogP contribution < -0.4 is 10.6 Å². The van der Waals surface area contributed by atoms with Crippen LogP contribution in [0.15, 0.2) is 66.0 Å². The van der Waals surface area contributed by atoms with E-state index in [0.29, 0.717) is 34.0 Å². The predicted molar refractivity (Wildman–Crippen MR) is 109 cm³/mol. The standard InChI is InChI=1S/C21H18N2O4S/c1-2-27-21(26)15-7-11-16(12-8-15)22-19(24)14-5-9-17(10-6-14)23-20(25)18-4-3-13-28-18/h3-13H,2H2,1H3,(H,22,24)(H,23,25). The van der Waals surface area contributed by atoms with E-state index in [1.807, 2.05) is 11.4 Å². The van der Waals surface area contributed by atoms with Gasteiger partial charge in [0.2, 0.25) is 0 Å². The van der Waals surface area contributed by atoms with Gasteiger partial charge in [-0.15, -0.1) is 11.3 Å². The fourth-order valence-corrected chi connectivity index (χ4v) is 3.03. The predicted octanol–water partition coefficient (Wildman–Crippen LogP) is 4.43. The average Bonchev–Trinajstić information content (AvgIpc) is 3.24. The number of carbonyl (C=O) groups excluding carboxylic acids is 3. The number of thiophene rings is 1. The van der Waals surface area contributed by atoms with E-state index in [-0.39, 0.29) is 11.8 Å². The molecule has 0 radical (unpaired) electrons. The summed E-state index contributed by atoms with van der Waals surface area (Å²) >= 11 is 1.36. The Morgan fingerprint density at radius 2 is 1.39 bits per heavy atom. The third-order valence-electron chi connectivity index (χ3n) is 3.80. The molecule has 0 aliphatic heterocycles. The quantitative estimate of drug-likeness (QED) is 0.606. The maximum atomic E-state index is 12.4. The monoisotopic (exact) mass is 394 g/mol. The molecule has 2 N–H and O–H groups in total. The lowest BCUT2D eigenvalue weighted by Crippen LogP contribution is -2.13. The van der Waals surface area contributed by atoms with E-state index < -0.39 is 5.97 Å². The average molecular weight is 394 g/mol. The number of benzene rings is 2. The Morgan fingerprint density at radius 3 is 1.93 bits per heavy atom. The molecule has 0 bridgehead atoms. The zero-order chi connectivity index (χ0) is 19.9. The topological polar surface area (TPSA) is 84.5 Å². The Hall–Kier alpha value is -3.45.